The minimum Gasteiger partial charge on any atom is -0.481 e. The molecule has 0 aliphatic heterocycles. The van der Waals surface area contributed by atoms with E-state index < -0.39 is 15.8 Å². The molecule has 0 amide bonds. The van der Waals surface area contributed by atoms with Crippen molar-refractivity contribution in [3.63, 3.8) is 0 Å². The molecule has 1 saturated carbocycles. The van der Waals surface area contributed by atoms with Crippen LogP contribution in [0.15, 0.2) is 27.6 Å². The minimum absolute atomic E-state index is 0.0255. The van der Waals surface area contributed by atoms with Crippen molar-refractivity contribution >= 4 is 31.7 Å². The summed E-state index contributed by atoms with van der Waals surface area (Å²) in [4.78, 5) is 11.2. The lowest BCUT2D eigenvalue weighted by molar-refractivity contribution is -0.137. The Morgan fingerprint density at radius 1 is 1.47 bits per heavy atom. The van der Waals surface area contributed by atoms with Gasteiger partial charge >= 0.3 is 5.97 Å². The molecule has 1 aliphatic carbocycles. The predicted octanol–water partition coefficient (Wildman–Crippen LogP) is 2.82. The number of carbonyl (C=O) groups is 1. The van der Waals surface area contributed by atoms with Gasteiger partial charge in [-0.3, -0.25) is 4.79 Å². The quantitative estimate of drug-likeness (QED) is 0.889. The first kappa shape index (κ1) is 14.5. The molecule has 1 aromatic carbocycles. The second-order valence-electron chi connectivity index (χ2n) is 5.00. The summed E-state index contributed by atoms with van der Waals surface area (Å²) >= 11 is 3.26. The highest BCUT2D eigenvalue weighted by atomic mass is 79.9. The molecular formula is C13H15BrO4S. The van der Waals surface area contributed by atoms with Crippen LogP contribution in [0.2, 0.25) is 0 Å². The average Bonchev–Trinajstić information content (AvgIpc) is 3.07. The first-order chi connectivity index (χ1) is 8.79. The Morgan fingerprint density at radius 3 is 2.53 bits per heavy atom. The van der Waals surface area contributed by atoms with Gasteiger partial charge in [0.05, 0.1) is 11.3 Å². The molecule has 1 fully saturated rings. The van der Waals surface area contributed by atoms with Gasteiger partial charge in [-0.25, -0.2) is 8.42 Å². The normalized spacial score (nSPS) is 17.2. The van der Waals surface area contributed by atoms with Gasteiger partial charge in [-0.2, -0.15) is 0 Å². The molecule has 4 nitrogen and oxygen atoms in total. The molecule has 0 saturated heterocycles. The van der Waals surface area contributed by atoms with Crippen molar-refractivity contribution in [2.24, 2.45) is 5.92 Å². The summed E-state index contributed by atoms with van der Waals surface area (Å²) < 4.78 is 23.6. The fourth-order valence-electron chi connectivity index (χ4n) is 2.29. The number of hydrogen-bond acceptors (Lipinski definition) is 3. The molecule has 6 heteroatoms. The zero-order valence-corrected chi connectivity index (χ0v) is 12.9. The summed E-state index contributed by atoms with van der Waals surface area (Å²) in [6.45, 7) is 0. The van der Waals surface area contributed by atoms with E-state index in [1.165, 1.54) is 0 Å². The molecule has 1 aliphatic rings. The van der Waals surface area contributed by atoms with E-state index in [2.05, 4.69) is 15.9 Å². The highest BCUT2D eigenvalue weighted by Crippen LogP contribution is 2.45. The van der Waals surface area contributed by atoms with Crippen molar-refractivity contribution < 1.29 is 18.3 Å². The second kappa shape index (κ2) is 5.25. The van der Waals surface area contributed by atoms with Crippen LogP contribution >= 0.6 is 15.9 Å². The molecule has 1 aromatic rings. The standard InChI is InChI=1S/C13H15BrO4S/c1-19(17,18)12-5-4-9(6-11(12)14)10(7-13(15)16)8-2-3-8/h4-6,8,10H,2-3,7H2,1H3,(H,15,16). The molecule has 2 rings (SSSR count). The van der Waals surface area contributed by atoms with Gasteiger partial charge in [0.1, 0.15) is 0 Å². The zero-order chi connectivity index (χ0) is 14.2. The van der Waals surface area contributed by atoms with E-state index in [0.29, 0.717) is 10.4 Å². The molecule has 0 bridgehead atoms. The van der Waals surface area contributed by atoms with Gasteiger partial charge in [-0.15, -0.1) is 0 Å². The smallest absolute Gasteiger partial charge is 0.303 e. The number of hydrogen-bond donors (Lipinski definition) is 1. The third-order valence-corrected chi connectivity index (χ3v) is 5.44. The van der Waals surface area contributed by atoms with Crippen LogP contribution < -0.4 is 0 Å². The molecule has 1 N–H and O–H groups in total. The first-order valence-electron chi connectivity index (χ1n) is 6.00. The Kier molecular flexibility index (Phi) is 4.01. The van der Waals surface area contributed by atoms with Crippen molar-refractivity contribution in [2.45, 2.75) is 30.1 Å². The minimum atomic E-state index is -3.27. The van der Waals surface area contributed by atoms with E-state index in [1.807, 2.05) is 0 Å². The number of carboxylic acids is 1. The monoisotopic (exact) mass is 346 g/mol. The predicted molar refractivity (Wildman–Crippen MR) is 75.0 cm³/mol. The van der Waals surface area contributed by atoms with Crippen molar-refractivity contribution in [2.75, 3.05) is 6.26 Å². The highest BCUT2D eigenvalue weighted by Gasteiger charge is 2.34. The Balaban J connectivity index is 2.34. The molecule has 104 valence electrons. The van der Waals surface area contributed by atoms with Crippen LogP contribution in [0.5, 0.6) is 0 Å². The van der Waals surface area contributed by atoms with E-state index in [9.17, 15) is 13.2 Å². The van der Waals surface area contributed by atoms with Crippen LogP contribution in [-0.4, -0.2) is 25.7 Å². The number of carboxylic acid groups (broad SMARTS) is 1. The van der Waals surface area contributed by atoms with Gasteiger partial charge in [0.15, 0.2) is 9.84 Å². The van der Waals surface area contributed by atoms with Gasteiger partial charge in [-0.1, -0.05) is 6.07 Å². The van der Waals surface area contributed by atoms with Crippen LogP contribution in [0, 0.1) is 5.92 Å². The SMILES string of the molecule is CS(=O)(=O)c1ccc(C(CC(=O)O)C2CC2)cc1Br. The van der Waals surface area contributed by atoms with Crippen molar-refractivity contribution in [1.29, 1.82) is 0 Å². The van der Waals surface area contributed by atoms with E-state index in [4.69, 9.17) is 5.11 Å². The largest absolute Gasteiger partial charge is 0.481 e. The number of benzene rings is 1. The fourth-order valence-corrected chi connectivity index (χ4v) is 4.30. The zero-order valence-electron chi connectivity index (χ0n) is 10.5. The summed E-state index contributed by atoms with van der Waals surface area (Å²) in [5.74, 6) is -0.435. The maximum atomic E-state index is 11.5. The molecular weight excluding hydrogens is 332 g/mol. The maximum Gasteiger partial charge on any atom is 0.303 e. The van der Waals surface area contributed by atoms with Crippen molar-refractivity contribution in [3.05, 3.63) is 28.2 Å². The third-order valence-electron chi connectivity index (χ3n) is 3.37. The lowest BCUT2D eigenvalue weighted by Crippen LogP contribution is -2.09. The van der Waals surface area contributed by atoms with Gasteiger partial charge in [0, 0.05) is 10.7 Å². The maximum absolute atomic E-state index is 11.5. The average molecular weight is 347 g/mol. The Bertz CT molecular complexity index is 605. The van der Waals surface area contributed by atoms with Gasteiger partial charge < -0.3 is 5.11 Å². The number of rotatable bonds is 5. The first-order valence-corrected chi connectivity index (χ1v) is 8.69. The summed E-state index contributed by atoms with van der Waals surface area (Å²) in [5, 5.41) is 8.97. The summed E-state index contributed by atoms with van der Waals surface area (Å²) in [5.41, 5.74) is 0.893. The van der Waals surface area contributed by atoms with Crippen LogP contribution in [0.4, 0.5) is 0 Å². The van der Waals surface area contributed by atoms with Crippen LogP contribution in [0.1, 0.15) is 30.7 Å². The number of sulfone groups is 1. The molecule has 1 unspecified atom stereocenters. The Hall–Kier alpha value is -0.880. The van der Waals surface area contributed by atoms with Crippen LogP contribution in [-0.2, 0) is 14.6 Å². The molecule has 0 aromatic heterocycles. The molecule has 1 atom stereocenters. The Labute approximate surface area is 120 Å². The molecule has 0 spiro atoms. The molecule has 0 radical (unpaired) electrons. The van der Waals surface area contributed by atoms with E-state index >= 15 is 0 Å². The van der Waals surface area contributed by atoms with E-state index in [1.54, 1.807) is 18.2 Å². The van der Waals surface area contributed by atoms with E-state index in [-0.39, 0.29) is 17.2 Å². The topological polar surface area (TPSA) is 71.4 Å². The lowest BCUT2D eigenvalue weighted by atomic mass is 9.91. The highest BCUT2D eigenvalue weighted by molar-refractivity contribution is 9.10. The Morgan fingerprint density at radius 2 is 2.11 bits per heavy atom. The fraction of sp³-hybridized carbons (Fsp3) is 0.462. The molecule has 0 heterocycles. The lowest BCUT2D eigenvalue weighted by Gasteiger charge is -2.15. The van der Waals surface area contributed by atoms with Gasteiger partial charge in [0.25, 0.3) is 0 Å². The number of aliphatic carboxylic acids is 1. The van der Waals surface area contributed by atoms with Gasteiger partial charge in [0.2, 0.25) is 0 Å². The van der Waals surface area contributed by atoms with Crippen LogP contribution in [0.3, 0.4) is 0 Å². The summed E-state index contributed by atoms with van der Waals surface area (Å²) in [6.07, 6.45) is 3.34. The van der Waals surface area contributed by atoms with Crippen molar-refractivity contribution in [1.82, 2.24) is 0 Å². The van der Waals surface area contributed by atoms with E-state index in [0.717, 1.165) is 24.7 Å². The second-order valence-corrected chi connectivity index (χ2v) is 7.84. The summed E-state index contributed by atoms with van der Waals surface area (Å²) in [7, 11) is -3.27. The summed E-state index contributed by atoms with van der Waals surface area (Å²) in [6, 6.07) is 5.02. The van der Waals surface area contributed by atoms with Crippen molar-refractivity contribution in [3.8, 4) is 0 Å². The number of halogens is 1. The molecule has 19 heavy (non-hydrogen) atoms. The van der Waals surface area contributed by atoms with Gasteiger partial charge in [-0.05, 0) is 58.3 Å². The third kappa shape index (κ3) is 3.57. The van der Waals surface area contributed by atoms with Crippen LogP contribution in [0.25, 0.3) is 0 Å².